The van der Waals surface area contributed by atoms with Crippen molar-refractivity contribution in [2.24, 2.45) is 0 Å². The third kappa shape index (κ3) is 3.09. The average Bonchev–Trinajstić information content (AvgIpc) is 3.15. The van der Waals surface area contributed by atoms with Crippen molar-refractivity contribution in [2.75, 3.05) is 7.05 Å². The quantitative estimate of drug-likeness (QED) is 0.590. The maximum atomic E-state index is 4.37. The van der Waals surface area contributed by atoms with Crippen LogP contribution in [-0.4, -0.2) is 32.1 Å². The molecule has 1 N–H and O–H groups in total. The van der Waals surface area contributed by atoms with E-state index in [9.17, 15) is 0 Å². The van der Waals surface area contributed by atoms with E-state index in [2.05, 4.69) is 81.5 Å². The Morgan fingerprint density at radius 3 is 2.77 bits per heavy atom. The second-order valence-electron chi connectivity index (χ2n) is 6.52. The van der Waals surface area contributed by atoms with Crippen LogP contribution in [0.3, 0.4) is 0 Å². The van der Waals surface area contributed by atoms with Crippen LogP contribution in [-0.2, 0) is 6.54 Å². The molecule has 0 fully saturated rings. The topological polar surface area (TPSA) is 57.7 Å². The minimum absolute atomic E-state index is 0.188. The molecular formula is C21H21N5. The first-order valence-corrected chi connectivity index (χ1v) is 8.70. The summed E-state index contributed by atoms with van der Waals surface area (Å²) in [5, 5.41) is 9.97. The van der Waals surface area contributed by atoms with Crippen molar-refractivity contribution in [1.82, 2.24) is 25.1 Å². The van der Waals surface area contributed by atoms with Gasteiger partial charge in [0.15, 0.2) is 0 Å². The lowest BCUT2D eigenvalue weighted by Gasteiger charge is -2.24. The van der Waals surface area contributed by atoms with Crippen LogP contribution < -0.4 is 0 Å². The molecule has 0 saturated heterocycles. The van der Waals surface area contributed by atoms with Gasteiger partial charge in [0.05, 0.1) is 17.6 Å². The molecule has 4 aromatic rings. The first-order valence-electron chi connectivity index (χ1n) is 8.70. The zero-order chi connectivity index (χ0) is 17.9. The largest absolute Gasteiger partial charge is 0.294 e. The van der Waals surface area contributed by atoms with Crippen LogP contribution in [0.25, 0.3) is 22.0 Å². The second-order valence-corrected chi connectivity index (χ2v) is 6.52. The van der Waals surface area contributed by atoms with Gasteiger partial charge < -0.3 is 0 Å². The van der Waals surface area contributed by atoms with Gasteiger partial charge in [0.25, 0.3) is 0 Å². The fourth-order valence-electron chi connectivity index (χ4n) is 3.29. The molecule has 0 bridgehead atoms. The standard InChI is InChI=1S/C21H21N5/c1-15(20-10-11-22-14-23-20)26(2)13-17-12-24-25-21(17)19-9-5-7-16-6-3-4-8-18(16)19/h3-12,14-15H,13H2,1-2H3,(H,24,25)/t15-/m1/s1. The summed E-state index contributed by atoms with van der Waals surface area (Å²) >= 11 is 0. The maximum Gasteiger partial charge on any atom is 0.115 e. The van der Waals surface area contributed by atoms with Crippen LogP contribution >= 0.6 is 0 Å². The predicted molar refractivity (Wildman–Crippen MR) is 103 cm³/mol. The molecule has 2 aromatic carbocycles. The lowest BCUT2D eigenvalue weighted by Crippen LogP contribution is -2.22. The van der Waals surface area contributed by atoms with Gasteiger partial charge in [-0.2, -0.15) is 5.10 Å². The summed E-state index contributed by atoms with van der Waals surface area (Å²) in [6.45, 7) is 2.93. The SMILES string of the molecule is C[C@H](c1ccncn1)N(C)Cc1cn[nH]c1-c1cccc2ccccc12. The summed E-state index contributed by atoms with van der Waals surface area (Å²) < 4.78 is 0. The zero-order valence-corrected chi connectivity index (χ0v) is 14.9. The molecule has 2 heterocycles. The number of hydrogen-bond donors (Lipinski definition) is 1. The highest BCUT2D eigenvalue weighted by Crippen LogP contribution is 2.30. The van der Waals surface area contributed by atoms with Crippen molar-refractivity contribution in [3.63, 3.8) is 0 Å². The van der Waals surface area contributed by atoms with Crippen LogP contribution in [0.5, 0.6) is 0 Å². The molecule has 130 valence electrons. The monoisotopic (exact) mass is 343 g/mol. The highest BCUT2D eigenvalue weighted by Gasteiger charge is 2.17. The molecule has 1 atom stereocenters. The molecule has 26 heavy (non-hydrogen) atoms. The number of aromatic amines is 1. The van der Waals surface area contributed by atoms with E-state index in [4.69, 9.17) is 0 Å². The Balaban J connectivity index is 1.65. The molecule has 0 aliphatic rings. The van der Waals surface area contributed by atoms with Crippen molar-refractivity contribution in [2.45, 2.75) is 19.5 Å². The first kappa shape index (κ1) is 16.4. The van der Waals surface area contributed by atoms with E-state index in [1.165, 1.54) is 21.9 Å². The Morgan fingerprint density at radius 2 is 1.92 bits per heavy atom. The van der Waals surface area contributed by atoms with Gasteiger partial charge in [-0.25, -0.2) is 9.97 Å². The molecule has 0 aliphatic heterocycles. The average molecular weight is 343 g/mol. The molecule has 0 saturated carbocycles. The molecule has 2 aromatic heterocycles. The predicted octanol–water partition coefficient (Wildman–Crippen LogP) is 4.21. The smallest absolute Gasteiger partial charge is 0.115 e. The summed E-state index contributed by atoms with van der Waals surface area (Å²) in [6, 6.07) is 17.0. The van der Waals surface area contributed by atoms with Crippen LogP contribution in [0.1, 0.15) is 24.2 Å². The van der Waals surface area contributed by atoms with Crippen molar-refractivity contribution in [3.05, 3.63) is 78.5 Å². The van der Waals surface area contributed by atoms with Crippen LogP contribution in [0, 0.1) is 0 Å². The van der Waals surface area contributed by atoms with E-state index in [-0.39, 0.29) is 6.04 Å². The minimum Gasteiger partial charge on any atom is -0.294 e. The summed E-state index contributed by atoms with van der Waals surface area (Å²) in [7, 11) is 2.10. The minimum atomic E-state index is 0.188. The summed E-state index contributed by atoms with van der Waals surface area (Å²) in [5.41, 5.74) is 4.43. The highest BCUT2D eigenvalue weighted by molar-refractivity contribution is 5.96. The number of aromatic nitrogens is 4. The molecule has 0 spiro atoms. The lowest BCUT2D eigenvalue weighted by atomic mass is 10.00. The van der Waals surface area contributed by atoms with Gasteiger partial charge in [-0.05, 0) is 30.8 Å². The molecule has 0 unspecified atom stereocenters. The summed E-state index contributed by atoms with van der Waals surface area (Å²) in [5.74, 6) is 0. The molecule has 5 heteroatoms. The van der Waals surface area contributed by atoms with E-state index in [0.717, 1.165) is 17.9 Å². The van der Waals surface area contributed by atoms with Gasteiger partial charge in [0.2, 0.25) is 0 Å². The number of hydrogen-bond acceptors (Lipinski definition) is 4. The zero-order valence-electron chi connectivity index (χ0n) is 14.9. The van der Waals surface area contributed by atoms with Crippen LogP contribution in [0.4, 0.5) is 0 Å². The molecule has 4 rings (SSSR count). The fourth-order valence-corrected chi connectivity index (χ4v) is 3.29. The molecule has 0 aliphatic carbocycles. The normalized spacial score (nSPS) is 12.6. The highest BCUT2D eigenvalue weighted by atomic mass is 15.2. The second kappa shape index (κ2) is 7.06. The number of nitrogens with one attached hydrogen (secondary N) is 1. The summed E-state index contributed by atoms with van der Waals surface area (Å²) in [4.78, 5) is 10.6. The van der Waals surface area contributed by atoms with Gasteiger partial charge in [-0.1, -0.05) is 42.5 Å². The summed E-state index contributed by atoms with van der Waals surface area (Å²) in [6.07, 6.45) is 5.30. The molecular weight excluding hydrogens is 322 g/mol. The molecule has 0 radical (unpaired) electrons. The van der Waals surface area contributed by atoms with Crippen LogP contribution in [0.2, 0.25) is 0 Å². The number of H-pyrrole nitrogens is 1. The number of fused-ring (bicyclic) bond motifs is 1. The van der Waals surface area contributed by atoms with Crippen molar-refractivity contribution in [1.29, 1.82) is 0 Å². The van der Waals surface area contributed by atoms with Gasteiger partial charge in [0.1, 0.15) is 6.33 Å². The van der Waals surface area contributed by atoms with Gasteiger partial charge >= 0.3 is 0 Å². The van der Waals surface area contributed by atoms with Gasteiger partial charge in [-0.3, -0.25) is 10.00 Å². The van der Waals surface area contributed by atoms with Crippen molar-refractivity contribution >= 4 is 10.8 Å². The van der Waals surface area contributed by atoms with E-state index in [1.54, 1.807) is 12.5 Å². The van der Waals surface area contributed by atoms with Crippen molar-refractivity contribution < 1.29 is 0 Å². The van der Waals surface area contributed by atoms with E-state index >= 15 is 0 Å². The van der Waals surface area contributed by atoms with Crippen LogP contribution in [0.15, 0.2) is 67.3 Å². The Hall–Kier alpha value is -3.05. The Kier molecular flexibility index (Phi) is 4.46. The third-order valence-corrected chi connectivity index (χ3v) is 4.89. The lowest BCUT2D eigenvalue weighted by molar-refractivity contribution is 0.249. The van der Waals surface area contributed by atoms with Gasteiger partial charge in [0, 0.05) is 29.9 Å². The Labute approximate surface area is 152 Å². The third-order valence-electron chi connectivity index (χ3n) is 4.89. The fraction of sp³-hybridized carbons (Fsp3) is 0.190. The van der Waals surface area contributed by atoms with E-state index < -0.39 is 0 Å². The van der Waals surface area contributed by atoms with E-state index in [0.29, 0.717) is 0 Å². The number of nitrogens with zero attached hydrogens (tertiary/aromatic N) is 4. The number of rotatable bonds is 5. The molecule has 0 amide bonds. The van der Waals surface area contributed by atoms with Crippen molar-refractivity contribution in [3.8, 4) is 11.3 Å². The molecule has 5 nitrogen and oxygen atoms in total. The number of benzene rings is 2. The Morgan fingerprint density at radius 1 is 1.08 bits per heavy atom. The maximum absolute atomic E-state index is 4.37. The van der Waals surface area contributed by atoms with Gasteiger partial charge in [-0.15, -0.1) is 0 Å². The first-order chi connectivity index (χ1) is 12.7. The van der Waals surface area contributed by atoms with E-state index in [1.807, 2.05) is 12.3 Å². The Bertz CT molecular complexity index is 1000.